The molecule has 0 aliphatic carbocycles. The summed E-state index contributed by atoms with van der Waals surface area (Å²) in [4.78, 5) is 38.2. The number of hydrogen-bond acceptors (Lipinski definition) is 6. The van der Waals surface area contributed by atoms with Crippen LogP contribution < -0.4 is 0 Å². The largest absolute Gasteiger partial charge is 0.462 e. The van der Waals surface area contributed by atoms with Gasteiger partial charge in [-0.3, -0.25) is 14.4 Å². The van der Waals surface area contributed by atoms with Gasteiger partial charge in [-0.2, -0.15) is 0 Å². The molecule has 75 heavy (non-hydrogen) atoms. The summed E-state index contributed by atoms with van der Waals surface area (Å²) in [6.07, 6.45) is 77.9. The average Bonchev–Trinajstić information content (AvgIpc) is 3.41. The zero-order chi connectivity index (χ0) is 54.3. The minimum Gasteiger partial charge on any atom is -0.462 e. The fourth-order valence-corrected chi connectivity index (χ4v) is 10.4. The maximum atomic E-state index is 12.8. The molecule has 442 valence electrons. The second-order valence-electron chi connectivity index (χ2n) is 23.1. The van der Waals surface area contributed by atoms with Gasteiger partial charge in [0.1, 0.15) is 13.2 Å². The highest BCUT2D eigenvalue weighted by Gasteiger charge is 2.19. The van der Waals surface area contributed by atoms with Crippen LogP contribution in [0, 0.1) is 0 Å². The molecule has 0 heterocycles. The third-order valence-electron chi connectivity index (χ3n) is 15.5. The summed E-state index contributed by atoms with van der Waals surface area (Å²) in [5.74, 6) is -0.836. The van der Waals surface area contributed by atoms with Gasteiger partial charge in [0.15, 0.2) is 6.10 Å². The van der Waals surface area contributed by atoms with E-state index in [1.54, 1.807) is 0 Å². The van der Waals surface area contributed by atoms with Gasteiger partial charge < -0.3 is 14.2 Å². The second kappa shape index (κ2) is 64.4. The van der Waals surface area contributed by atoms with Crippen molar-refractivity contribution in [1.29, 1.82) is 0 Å². The predicted molar refractivity (Wildman–Crippen MR) is 326 cm³/mol. The average molecular weight is 1060 g/mol. The molecule has 0 aliphatic heterocycles. The van der Waals surface area contributed by atoms with Crippen LogP contribution in [0.3, 0.4) is 0 Å². The van der Waals surface area contributed by atoms with Crippen LogP contribution in [-0.4, -0.2) is 37.2 Å². The molecule has 6 heteroatoms. The predicted octanol–water partition coefficient (Wildman–Crippen LogP) is 23.0. The van der Waals surface area contributed by atoms with Gasteiger partial charge in [0.25, 0.3) is 0 Å². The zero-order valence-electron chi connectivity index (χ0n) is 50.8. The van der Waals surface area contributed by atoms with Crippen molar-refractivity contribution in [2.24, 2.45) is 0 Å². The Morgan fingerprint density at radius 1 is 0.267 bits per heavy atom. The van der Waals surface area contributed by atoms with Gasteiger partial charge in [0, 0.05) is 19.3 Å². The summed E-state index contributed by atoms with van der Waals surface area (Å²) < 4.78 is 16.9. The van der Waals surface area contributed by atoms with Crippen molar-refractivity contribution in [3.8, 4) is 0 Å². The summed E-state index contributed by atoms with van der Waals surface area (Å²) in [5.41, 5.74) is 0. The summed E-state index contributed by atoms with van der Waals surface area (Å²) in [7, 11) is 0. The first kappa shape index (κ1) is 72.9. The number of carbonyl (C=O) groups excluding carboxylic acids is 3. The summed E-state index contributed by atoms with van der Waals surface area (Å²) in [6.45, 7) is 6.68. The van der Waals surface area contributed by atoms with Gasteiger partial charge >= 0.3 is 17.9 Å². The van der Waals surface area contributed by atoms with Crippen molar-refractivity contribution >= 4 is 17.9 Å². The van der Waals surface area contributed by atoms with Gasteiger partial charge in [-0.15, -0.1) is 0 Å². The number of allylic oxidation sites excluding steroid dienone is 4. The molecule has 0 radical (unpaired) electrons. The maximum absolute atomic E-state index is 12.8. The third kappa shape index (κ3) is 62.6. The topological polar surface area (TPSA) is 78.9 Å². The van der Waals surface area contributed by atoms with E-state index in [2.05, 4.69) is 45.1 Å². The van der Waals surface area contributed by atoms with E-state index in [1.165, 1.54) is 276 Å². The van der Waals surface area contributed by atoms with E-state index in [1.807, 2.05) is 0 Å². The Bertz CT molecular complexity index is 1210. The number of esters is 3. The fourth-order valence-electron chi connectivity index (χ4n) is 10.4. The molecule has 0 bridgehead atoms. The molecule has 0 spiro atoms. The third-order valence-corrected chi connectivity index (χ3v) is 15.5. The maximum Gasteiger partial charge on any atom is 0.306 e. The first-order valence-electron chi connectivity index (χ1n) is 33.8. The lowest BCUT2D eigenvalue weighted by atomic mass is 10.0. The number of carbonyl (C=O) groups is 3. The molecule has 6 nitrogen and oxygen atoms in total. The SMILES string of the molecule is CCCCCCC/C=C\C/C=C\CCCCCCCCCCCCCCCCCCCCCCCC(=O)OCC(COC(=O)CCCCCCCCCCCCC)OC(=O)CCCCCCCCCCCCCCC. The van der Waals surface area contributed by atoms with Crippen LogP contribution in [0.5, 0.6) is 0 Å². The number of rotatable bonds is 63. The smallest absolute Gasteiger partial charge is 0.306 e. The van der Waals surface area contributed by atoms with Gasteiger partial charge in [0.05, 0.1) is 0 Å². The highest BCUT2D eigenvalue weighted by Crippen LogP contribution is 2.18. The molecule has 1 unspecified atom stereocenters. The van der Waals surface area contributed by atoms with Crippen molar-refractivity contribution in [3.63, 3.8) is 0 Å². The minimum absolute atomic E-state index is 0.0634. The Kier molecular flexibility index (Phi) is 62.6. The molecule has 0 saturated heterocycles. The van der Waals surface area contributed by atoms with Crippen molar-refractivity contribution in [3.05, 3.63) is 24.3 Å². The lowest BCUT2D eigenvalue weighted by molar-refractivity contribution is -0.167. The summed E-state index contributed by atoms with van der Waals surface area (Å²) >= 11 is 0. The van der Waals surface area contributed by atoms with Gasteiger partial charge in [-0.1, -0.05) is 334 Å². The molecule has 0 amide bonds. The first-order chi connectivity index (χ1) is 37.0. The van der Waals surface area contributed by atoms with Crippen LogP contribution in [0.1, 0.15) is 380 Å². The number of hydrogen-bond donors (Lipinski definition) is 0. The Hall–Kier alpha value is -2.11. The van der Waals surface area contributed by atoms with Crippen molar-refractivity contribution < 1.29 is 28.6 Å². The van der Waals surface area contributed by atoms with E-state index in [-0.39, 0.29) is 31.1 Å². The highest BCUT2D eigenvalue weighted by atomic mass is 16.6. The molecule has 0 saturated carbocycles. The summed E-state index contributed by atoms with van der Waals surface area (Å²) in [6, 6.07) is 0. The van der Waals surface area contributed by atoms with Crippen LogP contribution in [0.4, 0.5) is 0 Å². The van der Waals surface area contributed by atoms with Gasteiger partial charge in [0.2, 0.25) is 0 Å². The van der Waals surface area contributed by atoms with E-state index >= 15 is 0 Å². The van der Waals surface area contributed by atoms with Crippen LogP contribution in [0.15, 0.2) is 24.3 Å². The Labute approximate surface area is 468 Å². The van der Waals surface area contributed by atoms with E-state index < -0.39 is 6.10 Å². The Morgan fingerprint density at radius 3 is 0.733 bits per heavy atom. The van der Waals surface area contributed by atoms with Gasteiger partial charge in [-0.25, -0.2) is 0 Å². The molecule has 0 aromatic heterocycles. The lowest BCUT2D eigenvalue weighted by Gasteiger charge is -2.18. The highest BCUT2D eigenvalue weighted by molar-refractivity contribution is 5.71. The van der Waals surface area contributed by atoms with E-state index in [9.17, 15) is 14.4 Å². The molecular formula is C69H130O6. The number of unbranched alkanes of at least 4 members (excludes halogenated alkanes) is 48. The standard InChI is InChI=1S/C69H130O6/c1-4-7-10-13-16-19-22-24-25-26-27-28-29-30-31-32-33-34-35-36-37-38-39-40-41-42-43-45-47-50-53-56-59-62-68(71)74-65-66(64-73-67(70)61-58-55-52-49-46-21-18-15-12-9-6-3)75-69(72)63-60-57-54-51-48-44-23-20-17-14-11-8-5-2/h22,24,26-27,66H,4-21,23,25,28-65H2,1-3H3/b24-22-,27-26-. The van der Waals surface area contributed by atoms with Crippen LogP contribution in [-0.2, 0) is 28.6 Å². The quantitative estimate of drug-likeness (QED) is 0.0261. The molecule has 0 fully saturated rings. The second-order valence-corrected chi connectivity index (χ2v) is 23.1. The lowest BCUT2D eigenvalue weighted by Crippen LogP contribution is -2.30. The van der Waals surface area contributed by atoms with Crippen molar-refractivity contribution in [2.45, 2.75) is 386 Å². The van der Waals surface area contributed by atoms with Crippen molar-refractivity contribution in [1.82, 2.24) is 0 Å². The van der Waals surface area contributed by atoms with E-state index in [0.717, 1.165) is 64.2 Å². The minimum atomic E-state index is -0.764. The fraction of sp³-hybridized carbons (Fsp3) is 0.899. The number of ether oxygens (including phenoxy) is 3. The molecule has 0 aromatic carbocycles. The molecule has 0 aromatic rings. The normalized spacial score (nSPS) is 12.1. The monoisotopic (exact) mass is 1050 g/mol. The van der Waals surface area contributed by atoms with Crippen LogP contribution >= 0.6 is 0 Å². The molecular weight excluding hydrogens is 925 g/mol. The van der Waals surface area contributed by atoms with Crippen LogP contribution in [0.2, 0.25) is 0 Å². The Balaban J connectivity index is 4.00. The van der Waals surface area contributed by atoms with Crippen molar-refractivity contribution in [2.75, 3.05) is 13.2 Å². The zero-order valence-corrected chi connectivity index (χ0v) is 50.8. The van der Waals surface area contributed by atoms with Gasteiger partial charge in [-0.05, 0) is 51.4 Å². The van der Waals surface area contributed by atoms with E-state index in [4.69, 9.17) is 14.2 Å². The summed E-state index contributed by atoms with van der Waals surface area (Å²) in [5, 5.41) is 0. The molecule has 0 N–H and O–H groups in total. The van der Waals surface area contributed by atoms with E-state index in [0.29, 0.717) is 19.3 Å². The Morgan fingerprint density at radius 2 is 0.480 bits per heavy atom. The molecule has 1 atom stereocenters. The molecule has 0 rings (SSSR count). The first-order valence-corrected chi connectivity index (χ1v) is 33.8. The van der Waals surface area contributed by atoms with Crippen LogP contribution in [0.25, 0.3) is 0 Å². The molecule has 0 aliphatic rings.